The van der Waals surface area contributed by atoms with Crippen molar-refractivity contribution in [2.45, 2.75) is 25.4 Å². The number of hydrogen-bond donors (Lipinski definition) is 1. The topological polar surface area (TPSA) is 44.5 Å². The van der Waals surface area contributed by atoms with Gasteiger partial charge in [-0.2, -0.15) is 0 Å². The van der Waals surface area contributed by atoms with E-state index in [1.54, 1.807) is 0 Å². The number of hydrogen-bond acceptors (Lipinski definition) is 3. The zero-order valence-electron chi connectivity index (χ0n) is 9.32. The second-order valence-electron chi connectivity index (χ2n) is 4.77. The maximum Gasteiger partial charge on any atom is 0.161 e. The first-order valence-corrected chi connectivity index (χ1v) is 5.93. The van der Waals surface area contributed by atoms with E-state index < -0.39 is 0 Å². The molecule has 86 valence electrons. The molecule has 1 unspecified atom stereocenters. The number of para-hydroxylation sites is 2. The zero-order chi connectivity index (χ0) is 11.0. The maximum absolute atomic E-state index is 6.03. The molecule has 0 radical (unpaired) electrons. The van der Waals surface area contributed by atoms with Gasteiger partial charge in [-0.1, -0.05) is 12.1 Å². The molecule has 1 aliphatic heterocycles. The molecule has 0 bridgehead atoms. The number of fused-ring (bicyclic) bond motifs is 1. The van der Waals surface area contributed by atoms with Crippen LogP contribution in [0, 0.1) is 5.41 Å². The van der Waals surface area contributed by atoms with Gasteiger partial charge in [-0.05, 0) is 37.9 Å². The van der Waals surface area contributed by atoms with Crippen LogP contribution < -0.4 is 15.2 Å². The summed E-state index contributed by atoms with van der Waals surface area (Å²) in [6.45, 7) is 1.40. The van der Waals surface area contributed by atoms with Crippen LogP contribution in [0.3, 0.4) is 0 Å². The molecule has 1 saturated carbocycles. The van der Waals surface area contributed by atoms with Crippen LogP contribution in [0.15, 0.2) is 24.3 Å². The van der Waals surface area contributed by atoms with E-state index >= 15 is 0 Å². The highest BCUT2D eigenvalue weighted by Crippen LogP contribution is 2.54. The molecule has 3 rings (SSSR count). The lowest BCUT2D eigenvalue weighted by Crippen LogP contribution is -2.38. The molecule has 3 nitrogen and oxygen atoms in total. The molecule has 1 fully saturated rings. The van der Waals surface area contributed by atoms with Crippen molar-refractivity contribution in [2.75, 3.05) is 13.2 Å². The van der Waals surface area contributed by atoms with Crippen molar-refractivity contribution in [3.8, 4) is 11.5 Å². The largest absolute Gasteiger partial charge is 0.486 e. The minimum atomic E-state index is 0.186. The molecule has 0 amide bonds. The fourth-order valence-corrected chi connectivity index (χ4v) is 2.50. The Morgan fingerprint density at radius 3 is 2.69 bits per heavy atom. The van der Waals surface area contributed by atoms with Crippen molar-refractivity contribution in [1.29, 1.82) is 0 Å². The summed E-state index contributed by atoms with van der Waals surface area (Å²) in [5.74, 6) is 1.74. The van der Waals surface area contributed by atoms with Crippen LogP contribution in [0.25, 0.3) is 0 Å². The third-order valence-electron chi connectivity index (χ3n) is 3.73. The average molecular weight is 219 g/mol. The maximum atomic E-state index is 6.03. The molecule has 16 heavy (non-hydrogen) atoms. The molecule has 1 heterocycles. The van der Waals surface area contributed by atoms with E-state index in [-0.39, 0.29) is 6.10 Å². The Balaban J connectivity index is 1.78. The van der Waals surface area contributed by atoms with Gasteiger partial charge in [0, 0.05) is 5.41 Å². The smallest absolute Gasteiger partial charge is 0.161 e. The fraction of sp³-hybridized carbons (Fsp3) is 0.538. The molecule has 3 heteroatoms. The van der Waals surface area contributed by atoms with Crippen LogP contribution in [0.2, 0.25) is 0 Å². The molecule has 2 N–H and O–H groups in total. The van der Waals surface area contributed by atoms with Gasteiger partial charge in [0.25, 0.3) is 0 Å². The van der Waals surface area contributed by atoms with Crippen molar-refractivity contribution >= 4 is 0 Å². The van der Waals surface area contributed by atoms with Gasteiger partial charge in [0.1, 0.15) is 12.7 Å². The molecule has 1 aromatic rings. The van der Waals surface area contributed by atoms with E-state index in [9.17, 15) is 0 Å². The minimum absolute atomic E-state index is 0.186. The van der Waals surface area contributed by atoms with Crippen LogP contribution in [-0.4, -0.2) is 19.3 Å². The van der Waals surface area contributed by atoms with Gasteiger partial charge in [-0.15, -0.1) is 0 Å². The van der Waals surface area contributed by atoms with Crippen LogP contribution >= 0.6 is 0 Å². The van der Waals surface area contributed by atoms with Crippen LogP contribution in [0.4, 0.5) is 0 Å². The third-order valence-corrected chi connectivity index (χ3v) is 3.73. The Labute approximate surface area is 95.5 Å². The van der Waals surface area contributed by atoms with Crippen molar-refractivity contribution in [2.24, 2.45) is 11.1 Å². The van der Waals surface area contributed by atoms with Gasteiger partial charge >= 0.3 is 0 Å². The summed E-state index contributed by atoms with van der Waals surface area (Å²) in [5, 5.41) is 0. The Morgan fingerprint density at radius 2 is 2.00 bits per heavy atom. The highest BCUT2D eigenvalue weighted by molar-refractivity contribution is 5.41. The van der Waals surface area contributed by atoms with Gasteiger partial charge in [-0.25, -0.2) is 0 Å². The summed E-state index contributed by atoms with van der Waals surface area (Å²) < 4.78 is 11.8. The number of ether oxygens (including phenoxy) is 2. The van der Waals surface area contributed by atoms with E-state index in [2.05, 4.69) is 0 Å². The van der Waals surface area contributed by atoms with Crippen molar-refractivity contribution in [3.63, 3.8) is 0 Å². The van der Waals surface area contributed by atoms with Gasteiger partial charge in [0.15, 0.2) is 11.5 Å². The lowest BCUT2D eigenvalue weighted by Gasteiger charge is -2.32. The van der Waals surface area contributed by atoms with E-state index in [0.29, 0.717) is 12.0 Å². The van der Waals surface area contributed by atoms with Crippen LogP contribution in [0.1, 0.15) is 19.3 Å². The zero-order valence-corrected chi connectivity index (χ0v) is 9.32. The van der Waals surface area contributed by atoms with Crippen LogP contribution in [0.5, 0.6) is 11.5 Å². The molecule has 0 aromatic heterocycles. The van der Waals surface area contributed by atoms with Gasteiger partial charge in [-0.3, -0.25) is 0 Å². The van der Waals surface area contributed by atoms with Gasteiger partial charge in [0.2, 0.25) is 0 Å². The number of benzene rings is 1. The molecule has 1 aliphatic carbocycles. The Bertz CT molecular complexity index is 387. The SMILES string of the molecule is NCCC1(C2COc3ccccc3O2)CC1. The molecule has 2 aliphatic rings. The van der Waals surface area contributed by atoms with Crippen molar-refractivity contribution in [1.82, 2.24) is 0 Å². The Hall–Kier alpha value is -1.22. The van der Waals surface area contributed by atoms with Crippen LogP contribution in [-0.2, 0) is 0 Å². The summed E-state index contributed by atoms with van der Waals surface area (Å²) in [4.78, 5) is 0. The van der Waals surface area contributed by atoms with E-state index in [4.69, 9.17) is 15.2 Å². The first-order chi connectivity index (χ1) is 7.84. The van der Waals surface area contributed by atoms with E-state index in [1.165, 1.54) is 12.8 Å². The number of nitrogens with two attached hydrogens (primary N) is 1. The molecule has 1 atom stereocenters. The number of rotatable bonds is 3. The van der Waals surface area contributed by atoms with Crippen molar-refractivity contribution < 1.29 is 9.47 Å². The average Bonchev–Trinajstić information content (AvgIpc) is 3.10. The minimum Gasteiger partial charge on any atom is -0.486 e. The predicted octanol–water partition coefficient (Wildman–Crippen LogP) is 1.96. The normalized spacial score (nSPS) is 25.2. The Morgan fingerprint density at radius 1 is 1.25 bits per heavy atom. The van der Waals surface area contributed by atoms with Gasteiger partial charge in [0.05, 0.1) is 0 Å². The summed E-state index contributed by atoms with van der Waals surface area (Å²) in [7, 11) is 0. The monoisotopic (exact) mass is 219 g/mol. The third kappa shape index (κ3) is 1.55. The molecular weight excluding hydrogens is 202 g/mol. The lowest BCUT2D eigenvalue weighted by molar-refractivity contribution is 0.0343. The summed E-state index contributed by atoms with van der Waals surface area (Å²) in [6.07, 6.45) is 3.68. The second kappa shape index (κ2) is 3.67. The Kier molecular flexibility index (Phi) is 2.28. The highest BCUT2D eigenvalue weighted by Gasteiger charge is 2.51. The predicted molar refractivity (Wildman–Crippen MR) is 61.7 cm³/mol. The molecule has 0 spiro atoms. The first-order valence-electron chi connectivity index (χ1n) is 5.93. The molecule has 1 aromatic carbocycles. The lowest BCUT2D eigenvalue weighted by atomic mass is 9.95. The molecule has 0 saturated heterocycles. The standard InChI is InChI=1S/C13H17NO2/c14-8-7-13(5-6-13)12-9-15-10-3-1-2-4-11(10)16-12/h1-4,12H,5-9,14H2. The van der Waals surface area contributed by atoms with E-state index in [0.717, 1.165) is 24.5 Å². The summed E-state index contributed by atoms with van der Waals surface area (Å²) >= 11 is 0. The quantitative estimate of drug-likeness (QED) is 0.845. The molecular formula is C13H17NO2. The highest BCUT2D eigenvalue weighted by atomic mass is 16.6. The van der Waals surface area contributed by atoms with E-state index in [1.807, 2.05) is 24.3 Å². The first kappa shape index (κ1) is 9.97. The second-order valence-corrected chi connectivity index (χ2v) is 4.77. The summed E-state index contributed by atoms with van der Waals surface area (Å²) in [6, 6.07) is 7.87. The summed E-state index contributed by atoms with van der Waals surface area (Å²) in [5.41, 5.74) is 5.95. The van der Waals surface area contributed by atoms with Crippen molar-refractivity contribution in [3.05, 3.63) is 24.3 Å². The van der Waals surface area contributed by atoms with Gasteiger partial charge < -0.3 is 15.2 Å². The fourth-order valence-electron chi connectivity index (χ4n) is 2.50.